The summed E-state index contributed by atoms with van der Waals surface area (Å²) in [6.45, 7) is 0.387. The van der Waals surface area contributed by atoms with E-state index in [0.29, 0.717) is 6.42 Å². The Morgan fingerprint density at radius 2 is 0.821 bits per heavy atom. The average molecular weight is 612 g/mol. The summed E-state index contributed by atoms with van der Waals surface area (Å²) in [4.78, 5) is 0. The third-order valence-electron chi connectivity index (χ3n) is 5.06. The molecule has 0 amide bonds. The molecule has 0 spiro atoms. The van der Waals surface area contributed by atoms with Crippen LogP contribution in [0.5, 0.6) is 11.5 Å². The second-order valence-electron chi connectivity index (χ2n) is 7.92. The van der Waals surface area contributed by atoms with E-state index in [9.17, 15) is 74.6 Å². The van der Waals surface area contributed by atoms with Crippen molar-refractivity contribution in [2.75, 3.05) is 13.2 Å². The minimum atomic E-state index is -8.64. The number of rotatable bonds is 14. The lowest BCUT2D eigenvalue weighted by Crippen LogP contribution is -2.74. The zero-order chi connectivity index (χ0) is 30.9. The number of hydrogen-bond acceptors (Lipinski definition) is 2. The molecule has 0 aliphatic rings. The first kappa shape index (κ1) is 34.7. The molecular weight excluding hydrogens is 595 g/mol. The van der Waals surface area contributed by atoms with Crippen molar-refractivity contribution < 1.29 is 84.1 Å². The third-order valence-corrected chi connectivity index (χ3v) is 5.06. The maximum atomic E-state index is 13.9. The number of hydrogen-bond donors (Lipinski definition) is 0. The Morgan fingerprint density at radius 1 is 0.487 bits per heavy atom. The van der Waals surface area contributed by atoms with E-state index in [1.165, 1.54) is 12.1 Å². The van der Waals surface area contributed by atoms with Gasteiger partial charge in [-0.15, -0.1) is 0 Å². The van der Waals surface area contributed by atoms with E-state index in [0.717, 1.165) is 18.6 Å². The van der Waals surface area contributed by atoms with E-state index in [1.54, 1.807) is 0 Å². The van der Waals surface area contributed by atoms with Gasteiger partial charge in [0.1, 0.15) is 11.5 Å². The van der Waals surface area contributed by atoms with Gasteiger partial charge in [0, 0.05) is 0 Å². The minimum absolute atomic E-state index is 0.211. The highest BCUT2D eigenvalue weighted by Gasteiger charge is 2.95. The first-order valence-corrected chi connectivity index (χ1v) is 10.3. The van der Waals surface area contributed by atoms with Crippen molar-refractivity contribution in [2.45, 2.75) is 73.8 Å². The summed E-state index contributed by atoms with van der Waals surface area (Å²) in [5, 5.41) is 0. The molecular formula is C20H17F17O2. The first-order valence-electron chi connectivity index (χ1n) is 10.3. The summed E-state index contributed by atoms with van der Waals surface area (Å²) in [5.74, 6) is -56.6. The first-order chi connectivity index (χ1) is 17.3. The van der Waals surface area contributed by atoms with E-state index in [4.69, 9.17) is 4.74 Å². The topological polar surface area (TPSA) is 18.5 Å². The van der Waals surface area contributed by atoms with Crippen LogP contribution < -0.4 is 9.47 Å². The zero-order valence-electron chi connectivity index (χ0n) is 19.1. The number of halogens is 17. The highest BCUT2D eigenvalue weighted by molar-refractivity contribution is 5.31. The van der Waals surface area contributed by atoms with Gasteiger partial charge >= 0.3 is 47.6 Å². The molecule has 0 N–H and O–H groups in total. The van der Waals surface area contributed by atoms with Crippen LogP contribution in [0, 0.1) is 0 Å². The van der Waals surface area contributed by atoms with E-state index >= 15 is 0 Å². The fraction of sp³-hybridized carbons (Fsp3) is 0.700. The summed E-state index contributed by atoms with van der Waals surface area (Å²) in [5.41, 5.74) is 0. The number of benzene rings is 1. The van der Waals surface area contributed by atoms with Crippen molar-refractivity contribution in [2.24, 2.45) is 0 Å². The van der Waals surface area contributed by atoms with Gasteiger partial charge in [-0.05, 0) is 30.7 Å². The molecule has 0 fully saturated rings. The van der Waals surface area contributed by atoms with Crippen molar-refractivity contribution in [3.05, 3.63) is 24.3 Å². The molecule has 0 aliphatic carbocycles. The van der Waals surface area contributed by atoms with Gasteiger partial charge in [-0.1, -0.05) is 13.3 Å². The fourth-order valence-corrected chi connectivity index (χ4v) is 2.62. The summed E-state index contributed by atoms with van der Waals surface area (Å²) in [6.07, 6.45) is -9.05. The van der Waals surface area contributed by atoms with Gasteiger partial charge in [0.05, 0.1) is 19.6 Å². The highest BCUT2D eigenvalue weighted by atomic mass is 19.4. The predicted molar refractivity (Wildman–Crippen MR) is 97.6 cm³/mol. The van der Waals surface area contributed by atoms with Crippen LogP contribution in [0.25, 0.3) is 0 Å². The van der Waals surface area contributed by atoms with Crippen LogP contribution in [0.15, 0.2) is 24.3 Å². The molecule has 0 unspecified atom stereocenters. The third kappa shape index (κ3) is 5.90. The molecule has 0 aliphatic heterocycles. The summed E-state index contributed by atoms with van der Waals surface area (Å²) in [6, 6.07) is 4.32. The quantitative estimate of drug-likeness (QED) is 0.155. The fourth-order valence-electron chi connectivity index (χ4n) is 2.62. The molecule has 0 atom stereocenters. The van der Waals surface area contributed by atoms with Gasteiger partial charge in [-0.25, -0.2) is 0 Å². The van der Waals surface area contributed by atoms with E-state index in [-0.39, 0.29) is 12.4 Å². The Hall–Kier alpha value is -2.37. The van der Waals surface area contributed by atoms with E-state index in [1.807, 2.05) is 6.92 Å². The van der Waals surface area contributed by atoms with Gasteiger partial charge in [0.25, 0.3) is 0 Å². The largest absolute Gasteiger partial charge is 0.494 e. The lowest BCUT2D eigenvalue weighted by atomic mass is 9.88. The molecule has 19 heteroatoms. The van der Waals surface area contributed by atoms with Gasteiger partial charge in [-0.3, -0.25) is 0 Å². The smallest absolute Gasteiger partial charge is 0.460 e. The van der Waals surface area contributed by atoms with Crippen LogP contribution in [0.2, 0.25) is 0 Å². The Morgan fingerprint density at radius 3 is 1.18 bits per heavy atom. The molecule has 0 heterocycles. The number of unbranched alkanes of at least 4 members (excludes halogenated alkanes) is 1. The Balaban J connectivity index is 3.17. The normalized spacial score (nSPS) is 14.9. The summed E-state index contributed by atoms with van der Waals surface area (Å²) >= 11 is 0. The van der Waals surface area contributed by atoms with Crippen molar-refractivity contribution in [1.82, 2.24) is 0 Å². The van der Waals surface area contributed by atoms with Crippen LogP contribution in [0.4, 0.5) is 74.6 Å². The monoisotopic (exact) mass is 612 g/mol. The second kappa shape index (κ2) is 10.9. The molecule has 0 bridgehead atoms. The van der Waals surface area contributed by atoms with Crippen LogP contribution in [-0.2, 0) is 0 Å². The Bertz CT molecular complexity index is 939. The number of alkyl halides is 17. The van der Waals surface area contributed by atoms with Crippen LogP contribution >= 0.6 is 0 Å². The maximum Gasteiger partial charge on any atom is 0.460 e. The molecule has 228 valence electrons. The van der Waals surface area contributed by atoms with Crippen LogP contribution in [0.3, 0.4) is 0 Å². The molecule has 0 saturated heterocycles. The van der Waals surface area contributed by atoms with Gasteiger partial charge < -0.3 is 9.47 Å². The lowest BCUT2D eigenvalue weighted by molar-refractivity contribution is -0.461. The van der Waals surface area contributed by atoms with Crippen molar-refractivity contribution in [3.8, 4) is 11.5 Å². The average Bonchev–Trinajstić information content (AvgIpc) is 2.78. The molecule has 0 saturated carbocycles. The minimum Gasteiger partial charge on any atom is -0.494 e. The second-order valence-corrected chi connectivity index (χ2v) is 7.92. The van der Waals surface area contributed by atoms with E-state index in [2.05, 4.69) is 4.74 Å². The van der Waals surface area contributed by atoms with Crippen LogP contribution in [-0.4, -0.2) is 60.8 Å². The molecule has 2 nitrogen and oxygen atoms in total. The lowest BCUT2D eigenvalue weighted by Gasteiger charge is -2.42. The van der Waals surface area contributed by atoms with Gasteiger partial charge in [0.15, 0.2) is 0 Å². The SMILES string of the molecule is CCCCOc1ccc(OCCC(F)(F)C(F)(F)C(F)(F)C(F)(F)C(F)(F)C(F)(F)C(F)(F)C(F)(F)F)cc1. The van der Waals surface area contributed by atoms with Crippen LogP contribution in [0.1, 0.15) is 26.2 Å². The Kier molecular flexibility index (Phi) is 9.68. The maximum absolute atomic E-state index is 13.9. The Labute approximate surface area is 208 Å². The highest BCUT2D eigenvalue weighted by Crippen LogP contribution is 2.64. The molecule has 1 rings (SSSR count). The van der Waals surface area contributed by atoms with Gasteiger partial charge in [0.2, 0.25) is 0 Å². The standard InChI is InChI=1S/C20H17F17O2/c1-2-3-9-38-11-4-6-12(7-5-11)39-10-8-13(21,22)14(23,24)15(25,26)16(27,28)17(29,30)18(31,32)19(33,34)20(35,36)37/h4-7H,2-3,8-10H2,1H3. The van der Waals surface area contributed by atoms with Crippen molar-refractivity contribution in [1.29, 1.82) is 0 Å². The van der Waals surface area contributed by atoms with Gasteiger partial charge in [-0.2, -0.15) is 74.6 Å². The summed E-state index contributed by atoms with van der Waals surface area (Å²) in [7, 11) is 0. The molecule has 1 aromatic rings. The molecule has 0 aromatic heterocycles. The number of ether oxygens (including phenoxy) is 2. The molecule has 0 radical (unpaired) electrons. The predicted octanol–water partition coefficient (Wildman–Crippen LogP) is 8.64. The molecule has 1 aromatic carbocycles. The molecule has 39 heavy (non-hydrogen) atoms. The summed E-state index contributed by atoms with van der Waals surface area (Å²) < 4.78 is 235. The van der Waals surface area contributed by atoms with Crippen molar-refractivity contribution >= 4 is 0 Å². The zero-order valence-corrected chi connectivity index (χ0v) is 19.1. The van der Waals surface area contributed by atoms with Crippen molar-refractivity contribution in [3.63, 3.8) is 0 Å². The van der Waals surface area contributed by atoms with E-state index < -0.39 is 66.4 Å².